The first-order chi connectivity index (χ1) is 12.5. The monoisotopic (exact) mass is 388 g/mol. The Bertz CT molecular complexity index is 934. The van der Waals surface area contributed by atoms with Crippen LogP contribution in [0, 0.1) is 18.3 Å². The quantitative estimate of drug-likeness (QED) is 0.791. The standard InChI is InChI=1S/C18H20N4O2S2/c1-14-13-25-18(21-14)15(11-19)12-20-16-5-7-17(8-6-16)26(23,24)22-9-3-2-4-10-22/h5-8,12-13,20H,2-4,9-10H2,1H3/b15-12+. The van der Waals surface area contributed by atoms with Crippen LogP contribution in [0.25, 0.3) is 5.57 Å². The van der Waals surface area contributed by atoms with Crippen LogP contribution in [0.3, 0.4) is 0 Å². The summed E-state index contributed by atoms with van der Waals surface area (Å²) < 4.78 is 26.8. The van der Waals surface area contributed by atoms with Gasteiger partial charge in [0.05, 0.1) is 4.90 Å². The lowest BCUT2D eigenvalue weighted by molar-refractivity contribution is 0.346. The highest BCUT2D eigenvalue weighted by atomic mass is 32.2. The van der Waals surface area contributed by atoms with Crippen molar-refractivity contribution in [3.8, 4) is 6.07 Å². The van der Waals surface area contributed by atoms with Gasteiger partial charge in [-0.15, -0.1) is 11.3 Å². The number of aryl methyl sites for hydroxylation is 1. The minimum atomic E-state index is -3.43. The fraction of sp³-hybridized carbons (Fsp3) is 0.333. The summed E-state index contributed by atoms with van der Waals surface area (Å²) in [6, 6.07) is 8.73. The highest BCUT2D eigenvalue weighted by molar-refractivity contribution is 7.89. The number of aromatic nitrogens is 1. The van der Waals surface area contributed by atoms with E-state index in [2.05, 4.69) is 16.4 Å². The van der Waals surface area contributed by atoms with Crippen LogP contribution in [0.2, 0.25) is 0 Å². The molecule has 0 aliphatic carbocycles. The minimum Gasteiger partial charge on any atom is -0.360 e. The number of allylic oxidation sites excluding steroid dienone is 1. The third kappa shape index (κ3) is 4.12. The highest BCUT2D eigenvalue weighted by Gasteiger charge is 2.25. The van der Waals surface area contributed by atoms with Gasteiger partial charge in [0.1, 0.15) is 16.6 Å². The van der Waals surface area contributed by atoms with E-state index in [1.54, 1.807) is 34.8 Å². The number of hydrogen-bond donors (Lipinski definition) is 1. The molecule has 0 amide bonds. The van der Waals surface area contributed by atoms with Crippen molar-refractivity contribution < 1.29 is 8.42 Å². The van der Waals surface area contributed by atoms with E-state index >= 15 is 0 Å². The third-order valence-electron chi connectivity index (χ3n) is 4.16. The Balaban J connectivity index is 1.73. The van der Waals surface area contributed by atoms with E-state index in [-0.39, 0.29) is 0 Å². The van der Waals surface area contributed by atoms with Crippen LogP contribution in [0.4, 0.5) is 5.69 Å². The molecule has 136 valence electrons. The van der Waals surface area contributed by atoms with Crippen LogP contribution in [-0.2, 0) is 10.0 Å². The molecule has 3 rings (SSSR count). The van der Waals surface area contributed by atoms with Gasteiger partial charge in [-0.25, -0.2) is 13.4 Å². The van der Waals surface area contributed by atoms with Gasteiger partial charge in [-0.3, -0.25) is 0 Å². The van der Waals surface area contributed by atoms with Gasteiger partial charge in [0.2, 0.25) is 10.0 Å². The van der Waals surface area contributed by atoms with Crippen molar-refractivity contribution in [2.45, 2.75) is 31.1 Å². The molecular formula is C18H20N4O2S2. The van der Waals surface area contributed by atoms with Gasteiger partial charge in [0, 0.05) is 36.1 Å². The first-order valence-corrected chi connectivity index (χ1v) is 10.7. The predicted molar refractivity (Wildman–Crippen MR) is 103 cm³/mol. The maximum Gasteiger partial charge on any atom is 0.243 e. The Morgan fingerprint density at radius 3 is 2.54 bits per heavy atom. The van der Waals surface area contributed by atoms with Crippen LogP contribution >= 0.6 is 11.3 Å². The predicted octanol–water partition coefficient (Wildman–Crippen LogP) is 3.60. The fourth-order valence-corrected chi connectivity index (χ4v) is 5.03. The summed E-state index contributed by atoms with van der Waals surface area (Å²) in [4.78, 5) is 4.59. The van der Waals surface area contributed by atoms with Gasteiger partial charge in [-0.2, -0.15) is 9.57 Å². The van der Waals surface area contributed by atoms with Gasteiger partial charge in [-0.1, -0.05) is 6.42 Å². The average Bonchev–Trinajstić information content (AvgIpc) is 3.09. The van der Waals surface area contributed by atoms with Crippen LogP contribution in [0.5, 0.6) is 0 Å². The Morgan fingerprint density at radius 2 is 1.96 bits per heavy atom. The number of benzene rings is 1. The zero-order valence-corrected chi connectivity index (χ0v) is 16.1. The molecule has 1 fully saturated rings. The zero-order chi connectivity index (χ0) is 18.6. The number of anilines is 1. The highest BCUT2D eigenvalue weighted by Crippen LogP contribution is 2.23. The van der Waals surface area contributed by atoms with Gasteiger partial charge < -0.3 is 5.32 Å². The first kappa shape index (κ1) is 18.6. The molecule has 1 aromatic carbocycles. The summed E-state index contributed by atoms with van der Waals surface area (Å²) in [6.07, 6.45) is 4.50. The first-order valence-electron chi connectivity index (χ1n) is 8.40. The molecule has 1 aliphatic heterocycles. The van der Waals surface area contributed by atoms with Gasteiger partial charge in [-0.05, 0) is 44.0 Å². The molecule has 8 heteroatoms. The number of sulfonamides is 1. The van der Waals surface area contributed by atoms with Crippen molar-refractivity contribution in [3.05, 3.63) is 46.5 Å². The minimum absolute atomic E-state index is 0.296. The molecule has 2 heterocycles. The molecule has 26 heavy (non-hydrogen) atoms. The molecule has 0 saturated carbocycles. The van der Waals surface area contributed by atoms with Crippen molar-refractivity contribution in [2.75, 3.05) is 18.4 Å². The summed E-state index contributed by atoms with van der Waals surface area (Å²) in [5, 5.41) is 14.9. The maximum absolute atomic E-state index is 12.6. The van der Waals surface area contributed by atoms with E-state index in [4.69, 9.17) is 0 Å². The van der Waals surface area contributed by atoms with E-state index in [1.165, 1.54) is 11.3 Å². The number of nitrogens with zero attached hydrogens (tertiary/aromatic N) is 3. The Labute approximate surface area is 157 Å². The number of thiazole rings is 1. The molecule has 6 nitrogen and oxygen atoms in total. The summed E-state index contributed by atoms with van der Waals surface area (Å²) >= 11 is 1.41. The third-order valence-corrected chi connectivity index (χ3v) is 7.07. The van der Waals surface area contributed by atoms with E-state index < -0.39 is 10.0 Å². The largest absolute Gasteiger partial charge is 0.360 e. The molecule has 0 radical (unpaired) electrons. The molecule has 0 bridgehead atoms. The van der Waals surface area contributed by atoms with Gasteiger partial charge in [0.15, 0.2) is 0 Å². The Hall–Kier alpha value is -2.21. The topological polar surface area (TPSA) is 86.1 Å². The second-order valence-corrected chi connectivity index (χ2v) is 8.89. The van der Waals surface area contributed by atoms with E-state index in [0.717, 1.165) is 25.0 Å². The Morgan fingerprint density at radius 1 is 1.27 bits per heavy atom. The van der Waals surface area contributed by atoms with Crippen LogP contribution < -0.4 is 5.32 Å². The second kappa shape index (κ2) is 7.99. The van der Waals surface area contributed by atoms with Crippen molar-refractivity contribution in [1.82, 2.24) is 9.29 Å². The average molecular weight is 389 g/mol. The second-order valence-electron chi connectivity index (χ2n) is 6.10. The lowest BCUT2D eigenvalue weighted by atomic mass is 10.2. The fourth-order valence-electron chi connectivity index (χ4n) is 2.75. The normalized spacial score (nSPS) is 16.2. The Kier molecular flexibility index (Phi) is 5.71. The molecular weight excluding hydrogens is 368 g/mol. The number of piperidine rings is 1. The van der Waals surface area contributed by atoms with Gasteiger partial charge >= 0.3 is 0 Å². The van der Waals surface area contributed by atoms with Gasteiger partial charge in [0.25, 0.3) is 0 Å². The lowest BCUT2D eigenvalue weighted by Gasteiger charge is -2.25. The van der Waals surface area contributed by atoms with E-state index in [0.29, 0.717) is 34.3 Å². The maximum atomic E-state index is 12.6. The summed E-state index contributed by atoms with van der Waals surface area (Å²) in [5.74, 6) is 0. The van der Waals surface area contributed by atoms with Crippen LogP contribution in [-0.4, -0.2) is 30.8 Å². The molecule has 0 atom stereocenters. The molecule has 1 N–H and O–H groups in total. The van der Waals surface area contributed by atoms with Crippen molar-refractivity contribution >= 4 is 32.6 Å². The number of nitrogens with one attached hydrogen (secondary N) is 1. The number of hydrogen-bond acceptors (Lipinski definition) is 6. The summed E-state index contributed by atoms with van der Waals surface area (Å²) in [6.45, 7) is 3.05. The molecule has 2 aromatic rings. The lowest BCUT2D eigenvalue weighted by Crippen LogP contribution is -2.35. The zero-order valence-electron chi connectivity index (χ0n) is 14.5. The van der Waals surface area contributed by atoms with E-state index in [9.17, 15) is 13.7 Å². The smallest absolute Gasteiger partial charge is 0.243 e. The molecule has 1 aliphatic rings. The SMILES string of the molecule is Cc1csc(/C(C#N)=C/Nc2ccc(S(=O)(=O)N3CCCCC3)cc2)n1. The van der Waals surface area contributed by atoms with Crippen molar-refractivity contribution in [3.63, 3.8) is 0 Å². The summed E-state index contributed by atoms with van der Waals surface area (Å²) in [5.41, 5.74) is 2.02. The van der Waals surface area contributed by atoms with Crippen molar-refractivity contribution in [1.29, 1.82) is 5.26 Å². The van der Waals surface area contributed by atoms with Crippen molar-refractivity contribution in [2.24, 2.45) is 0 Å². The van der Waals surface area contributed by atoms with E-state index in [1.807, 2.05) is 12.3 Å². The van der Waals surface area contributed by atoms with Crippen LogP contribution in [0.15, 0.2) is 40.7 Å². The number of rotatable bonds is 5. The molecule has 1 aromatic heterocycles. The molecule has 0 unspecified atom stereocenters. The molecule has 0 spiro atoms. The number of nitriles is 1. The molecule has 1 saturated heterocycles. The van der Waals surface area contributed by atoms with Crippen LogP contribution in [0.1, 0.15) is 30.0 Å². The summed E-state index contributed by atoms with van der Waals surface area (Å²) in [7, 11) is -3.43.